The molecule has 35 heavy (non-hydrogen) atoms. The number of nitrogens with two attached hydrogens (primary N) is 1. The lowest BCUT2D eigenvalue weighted by atomic mass is 9.73. The van der Waals surface area contributed by atoms with E-state index in [-0.39, 0.29) is 11.9 Å². The highest BCUT2D eigenvalue weighted by Crippen LogP contribution is 2.37. The maximum Gasteiger partial charge on any atom is 0.235 e. The summed E-state index contributed by atoms with van der Waals surface area (Å²) in [6.45, 7) is 1.11. The van der Waals surface area contributed by atoms with Crippen molar-refractivity contribution in [3.63, 3.8) is 0 Å². The second-order valence-electron chi connectivity index (χ2n) is 8.92. The van der Waals surface area contributed by atoms with Crippen molar-refractivity contribution in [2.45, 2.75) is 24.7 Å². The molecule has 0 atom stereocenters. The summed E-state index contributed by atoms with van der Waals surface area (Å²) in [6, 6.07) is 26.5. The molecule has 0 bridgehead atoms. The van der Waals surface area contributed by atoms with Crippen LogP contribution in [-0.4, -0.2) is 29.1 Å². The van der Waals surface area contributed by atoms with Gasteiger partial charge in [-0.05, 0) is 53.6 Å². The lowest BCUT2D eigenvalue weighted by Crippen LogP contribution is -2.44. The van der Waals surface area contributed by atoms with Crippen molar-refractivity contribution in [2.75, 3.05) is 24.3 Å². The number of anilines is 2. The fourth-order valence-electron chi connectivity index (χ4n) is 4.62. The molecule has 0 aliphatic carbocycles. The minimum atomic E-state index is -0.642. The Hall–Kier alpha value is -4.03. The molecule has 0 unspecified atom stereocenters. The molecule has 6 heteroatoms. The van der Waals surface area contributed by atoms with Crippen molar-refractivity contribution < 1.29 is 9.53 Å². The highest BCUT2D eigenvalue weighted by atomic mass is 16.5. The van der Waals surface area contributed by atoms with E-state index in [2.05, 4.69) is 39.6 Å². The van der Waals surface area contributed by atoms with Crippen LogP contribution in [-0.2, 0) is 21.4 Å². The Kier molecular flexibility index (Phi) is 6.55. The first-order valence-electron chi connectivity index (χ1n) is 11.8. The molecule has 3 N–H and O–H groups in total. The highest BCUT2D eigenvalue weighted by molar-refractivity contribution is 5.99. The third-order valence-electron chi connectivity index (χ3n) is 6.69. The molecular weight excluding hydrogens is 436 g/mol. The Balaban J connectivity index is 1.34. The number of amides is 1. The van der Waals surface area contributed by atoms with Crippen LogP contribution in [0.3, 0.4) is 0 Å². The van der Waals surface area contributed by atoms with E-state index < -0.39 is 5.41 Å². The number of rotatable bonds is 6. The summed E-state index contributed by atoms with van der Waals surface area (Å²) in [6.07, 6.45) is 5.54. The second kappa shape index (κ2) is 10.1. The number of aromatic nitrogens is 2. The lowest BCUT2D eigenvalue weighted by molar-refractivity contribution is -0.125. The van der Waals surface area contributed by atoms with Gasteiger partial charge in [-0.3, -0.25) is 4.79 Å². The summed E-state index contributed by atoms with van der Waals surface area (Å²) in [5, 5.41) is 3.17. The Morgan fingerprint density at radius 1 is 0.829 bits per heavy atom. The Morgan fingerprint density at radius 2 is 1.46 bits per heavy atom. The largest absolute Gasteiger partial charge is 0.381 e. The number of benzene rings is 3. The fourth-order valence-corrected chi connectivity index (χ4v) is 4.62. The summed E-state index contributed by atoms with van der Waals surface area (Å²) in [7, 11) is 0. The van der Waals surface area contributed by atoms with Crippen LogP contribution in [0.5, 0.6) is 0 Å². The standard InChI is InChI=1S/C29H28N4O2/c30-28-31-19-24(20-32-28)23-8-10-25(11-9-23)29(14-16-35-17-15-29)27(34)33-26-12-6-22(7-13-26)18-21-4-2-1-3-5-21/h1-13,19-20H,14-18H2,(H,33,34)(H2,30,31,32). The molecule has 1 aliphatic heterocycles. The van der Waals surface area contributed by atoms with Gasteiger partial charge in [-0.25, -0.2) is 9.97 Å². The number of carbonyl (C=O) groups excluding carboxylic acids is 1. The number of ether oxygens (including phenoxy) is 1. The smallest absolute Gasteiger partial charge is 0.235 e. The molecule has 1 aliphatic rings. The predicted molar refractivity (Wildman–Crippen MR) is 138 cm³/mol. The molecule has 2 heterocycles. The first-order chi connectivity index (χ1) is 17.1. The van der Waals surface area contributed by atoms with Crippen LogP contribution in [0.15, 0.2) is 91.3 Å². The minimum Gasteiger partial charge on any atom is -0.381 e. The average molecular weight is 465 g/mol. The first kappa shape index (κ1) is 22.7. The van der Waals surface area contributed by atoms with E-state index in [4.69, 9.17) is 10.5 Å². The molecule has 0 spiro atoms. The predicted octanol–water partition coefficient (Wildman–Crippen LogP) is 5.00. The molecule has 5 rings (SSSR count). The van der Waals surface area contributed by atoms with Crippen LogP contribution in [0.4, 0.5) is 11.6 Å². The van der Waals surface area contributed by atoms with E-state index >= 15 is 0 Å². The third-order valence-corrected chi connectivity index (χ3v) is 6.69. The van der Waals surface area contributed by atoms with Crippen molar-refractivity contribution >= 4 is 17.5 Å². The number of nitrogen functional groups attached to an aromatic ring is 1. The number of nitrogens with one attached hydrogen (secondary N) is 1. The molecule has 1 amide bonds. The average Bonchev–Trinajstić information content (AvgIpc) is 2.91. The molecular formula is C29H28N4O2. The molecule has 3 aromatic carbocycles. The summed E-state index contributed by atoms with van der Waals surface area (Å²) in [5.74, 6) is 0.247. The lowest BCUT2D eigenvalue weighted by Gasteiger charge is -2.36. The van der Waals surface area contributed by atoms with E-state index in [1.54, 1.807) is 12.4 Å². The van der Waals surface area contributed by atoms with E-state index in [1.165, 1.54) is 11.1 Å². The van der Waals surface area contributed by atoms with Gasteiger partial charge in [0.25, 0.3) is 0 Å². The zero-order valence-electron chi connectivity index (χ0n) is 19.5. The van der Waals surface area contributed by atoms with Crippen LogP contribution in [0, 0.1) is 0 Å². The fraction of sp³-hybridized carbons (Fsp3) is 0.207. The number of hydrogen-bond acceptors (Lipinski definition) is 5. The number of hydrogen-bond donors (Lipinski definition) is 2. The maximum absolute atomic E-state index is 13.7. The molecule has 1 fully saturated rings. The van der Waals surface area contributed by atoms with Crippen LogP contribution in [0.1, 0.15) is 29.5 Å². The summed E-state index contributed by atoms with van der Waals surface area (Å²) in [4.78, 5) is 21.8. The van der Waals surface area contributed by atoms with E-state index in [0.29, 0.717) is 26.1 Å². The van der Waals surface area contributed by atoms with Gasteiger partial charge in [0.1, 0.15) is 0 Å². The zero-order valence-corrected chi connectivity index (χ0v) is 19.5. The van der Waals surface area contributed by atoms with Gasteiger partial charge in [0.05, 0.1) is 5.41 Å². The van der Waals surface area contributed by atoms with Crippen molar-refractivity contribution in [3.05, 3.63) is 108 Å². The van der Waals surface area contributed by atoms with Gasteiger partial charge in [-0.15, -0.1) is 0 Å². The van der Waals surface area contributed by atoms with Crippen molar-refractivity contribution in [1.82, 2.24) is 9.97 Å². The monoisotopic (exact) mass is 464 g/mol. The molecule has 176 valence electrons. The van der Waals surface area contributed by atoms with Crippen molar-refractivity contribution in [1.29, 1.82) is 0 Å². The second-order valence-corrected chi connectivity index (χ2v) is 8.92. The molecule has 0 saturated carbocycles. The topological polar surface area (TPSA) is 90.1 Å². The van der Waals surface area contributed by atoms with Gasteiger partial charge in [0.15, 0.2) is 0 Å². The Labute approximate surface area is 205 Å². The normalized spacial score (nSPS) is 14.9. The van der Waals surface area contributed by atoms with Crippen LogP contribution in [0.25, 0.3) is 11.1 Å². The van der Waals surface area contributed by atoms with Gasteiger partial charge >= 0.3 is 0 Å². The van der Waals surface area contributed by atoms with Gasteiger partial charge < -0.3 is 15.8 Å². The van der Waals surface area contributed by atoms with Crippen molar-refractivity contribution in [3.8, 4) is 11.1 Å². The van der Waals surface area contributed by atoms with Gasteiger partial charge in [0, 0.05) is 36.9 Å². The van der Waals surface area contributed by atoms with Gasteiger partial charge in [0.2, 0.25) is 11.9 Å². The Bertz CT molecular complexity index is 1270. The highest BCUT2D eigenvalue weighted by Gasteiger charge is 2.41. The molecule has 1 aromatic heterocycles. The molecule has 0 radical (unpaired) electrons. The quantitative estimate of drug-likeness (QED) is 0.419. The zero-order chi connectivity index (χ0) is 24.1. The van der Waals surface area contributed by atoms with Crippen LogP contribution in [0.2, 0.25) is 0 Å². The summed E-state index contributed by atoms with van der Waals surface area (Å²) in [5.41, 5.74) is 11.1. The minimum absolute atomic E-state index is 0.000164. The van der Waals surface area contributed by atoms with Gasteiger partial charge in [-0.2, -0.15) is 0 Å². The molecule has 4 aromatic rings. The van der Waals surface area contributed by atoms with Crippen molar-refractivity contribution in [2.24, 2.45) is 0 Å². The van der Waals surface area contributed by atoms with E-state index in [1.807, 2.05) is 54.6 Å². The first-order valence-corrected chi connectivity index (χ1v) is 11.8. The van der Waals surface area contributed by atoms with Gasteiger partial charge in [-0.1, -0.05) is 66.7 Å². The number of carbonyl (C=O) groups is 1. The maximum atomic E-state index is 13.7. The van der Waals surface area contributed by atoms with E-state index in [9.17, 15) is 4.79 Å². The molecule has 6 nitrogen and oxygen atoms in total. The summed E-state index contributed by atoms with van der Waals surface area (Å²) >= 11 is 0. The number of nitrogens with zero attached hydrogens (tertiary/aromatic N) is 2. The SMILES string of the molecule is Nc1ncc(-c2ccc(C3(C(=O)Nc4ccc(Cc5ccccc5)cc4)CCOCC3)cc2)cn1. The molecule has 1 saturated heterocycles. The van der Waals surface area contributed by atoms with Crippen LogP contribution < -0.4 is 11.1 Å². The van der Waals surface area contributed by atoms with Crippen LogP contribution >= 0.6 is 0 Å². The summed E-state index contributed by atoms with van der Waals surface area (Å²) < 4.78 is 5.61. The third kappa shape index (κ3) is 5.08. The Morgan fingerprint density at radius 3 is 2.11 bits per heavy atom. The van der Waals surface area contributed by atoms with E-state index in [0.717, 1.165) is 28.8 Å².